The second kappa shape index (κ2) is 5.82. The molecule has 1 aromatic carbocycles. The highest BCUT2D eigenvalue weighted by Gasteiger charge is 2.20. The summed E-state index contributed by atoms with van der Waals surface area (Å²) in [5.41, 5.74) is 1.50. The number of likely N-dealkylation sites (N-methyl/N-ethyl adjacent to an activating group) is 1. The fraction of sp³-hybridized carbons (Fsp3) is 0.538. The molecule has 0 spiro atoms. The molecule has 0 saturated carbocycles. The summed E-state index contributed by atoms with van der Waals surface area (Å²) in [5.74, 6) is 0.774. The van der Waals surface area contributed by atoms with Crippen molar-refractivity contribution in [3.05, 3.63) is 35.9 Å². The van der Waals surface area contributed by atoms with Crippen LogP contribution in [0.4, 0.5) is 0 Å². The van der Waals surface area contributed by atoms with Crippen LogP contribution in [-0.2, 0) is 0 Å². The molecule has 0 N–H and O–H groups in total. The molecular formula is C13H21N. The maximum Gasteiger partial charge on any atom is 0.00477 e. The first-order chi connectivity index (χ1) is 6.86. The zero-order chi connectivity index (χ0) is 10.4. The first-order valence-corrected chi connectivity index (χ1v) is 5.60. The maximum atomic E-state index is 2.40. The smallest absolute Gasteiger partial charge is 0.00477 e. The summed E-state index contributed by atoms with van der Waals surface area (Å²) in [6.07, 6.45) is 1.32. The third-order valence-electron chi connectivity index (χ3n) is 2.66. The van der Waals surface area contributed by atoms with Crippen molar-refractivity contribution in [3.63, 3.8) is 0 Å². The summed E-state index contributed by atoms with van der Waals surface area (Å²) >= 11 is 0. The molecule has 0 amide bonds. The van der Waals surface area contributed by atoms with Gasteiger partial charge in [0.05, 0.1) is 0 Å². The average molecular weight is 191 g/mol. The van der Waals surface area contributed by atoms with E-state index in [0.717, 1.165) is 5.92 Å². The highest BCUT2D eigenvalue weighted by atomic mass is 15.1. The summed E-state index contributed by atoms with van der Waals surface area (Å²) in [5, 5.41) is 0. The first-order valence-electron chi connectivity index (χ1n) is 5.60. The minimum absolute atomic E-state index is 0.774. The Morgan fingerprint density at radius 1 is 1.14 bits per heavy atom. The van der Waals surface area contributed by atoms with E-state index in [1.807, 2.05) is 13.8 Å². The molecule has 0 aromatic heterocycles. The van der Waals surface area contributed by atoms with E-state index in [4.69, 9.17) is 0 Å². The molecule has 1 saturated heterocycles. The van der Waals surface area contributed by atoms with Crippen LogP contribution in [0.3, 0.4) is 0 Å². The molecule has 1 atom stereocenters. The molecule has 1 aromatic rings. The zero-order valence-corrected chi connectivity index (χ0v) is 9.53. The van der Waals surface area contributed by atoms with Crippen molar-refractivity contribution in [1.82, 2.24) is 4.90 Å². The summed E-state index contributed by atoms with van der Waals surface area (Å²) < 4.78 is 0. The maximum absolute atomic E-state index is 2.40. The Morgan fingerprint density at radius 2 is 1.79 bits per heavy atom. The Bertz CT molecular complexity index is 243. The Morgan fingerprint density at radius 3 is 2.29 bits per heavy atom. The monoisotopic (exact) mass is 191 g/mol. The van der Waals surface area contributed by atoms with Crippen molar-refractivity contribution in [1.29, 1.82) is 0 Å². The van der Waals surface area contributed by atoms with E-state index in [1.54, 1.807) is 0 Å². The van der Waals surface area contributed by atoms with Gasteiger partial charge in [-0.2, -0.15) is 0 Å². The van der Waals surface area contributed by atoms with Crippen LogP contribution in [0.15, 0.2) is 30.3 Å². The highest BCUT2D eigenvalue weighted by molar-refractivity contribution is 5.20. The summed E-state index contributed by atoms with van der Waals surface area (Å²) in [4.78, 5) is 2.40. The number of likely N-dealkylation sites (tertiary alicyclic amines) is 1. The summed E-state index contributed by atoms with van der Waals surface area (Å²) in [6, 6.07) is 10.8. The third-order valence-corrected chi connectivity index (χ3v) is 2.66. The molecule has 1 heterocycles. The van der Waals surface area contributed by atoms with Gasteiger partial charge in [0.15, 0.2) is 0 Å². The van der Waals surface area contributed by atoms with Gasteiger partial charge in [-0.15, -0.1) is 0 Å². The Kier molecular flexibility index (Phi) is 4.68. The van der Waals surface area contributed by atoms with Crippen LogP contribution in [0.1, 0.15) is 31.7 Å². The van der Waals surface area contributed by atoms with Crippen LogP contribution >= 0.6 is 0 Å². The van der Waals surface area contributed by atoms with E-state index < -0.39 is 0 Å². The molecule has 2 rings (SSSR count). The number of nitrogens with zero attached hydrogens (tertiary/aromatic N) is 1. The van der Waals surface area contributed by atoms with Crippen LogP contribution in [0, 0.1) is 0 Å². The predicted molar refractivity (Wildman–Crippen MR) is 62.6 cm³/mol. The standard InChI is InChI=1S/C11H15N.C2H6/c1-12-8-7-11(9-12)10-5-3-2-4-6-10;1-2/h2-6,11H,7-9H2,1H3;1-2H3. The van der Waals surface area contributed by atoms with Gasteiger partial charge in [0.1, 0.15) is 0 Å². The van der Waals surface area contributed by atoms with Gasteiger partial charge < -0.3 is 4.90 Å². The average Bonchev–Trinajstić information content (AvgIpc) is 2.69. The van der Waals surface area contributed by atoms with Gasteiger partial charge in [-0.25, -0.2) is 0 Å². The van der Waals surface area contributed by atoms with Gasteiger partial charge in [-0.05, 0) is 31.5 Å². The van der Waals surface area contributed by atoms with Crippen molar-refractivity contribution < 1.29 is 0 Å². The lowest BCUT2D eigenvalue weighted by atomic mass is 9.99. The molecule has 14 heavy (non-hydrogen) atoms. The van der Waals surface area contributed by atoms with Crippen molar-refractivity contribution in [2.24, 2.45) is 0 Å². The summed E-state index contributed by atoms with van der Waals surface area (Å²) in [7, 11) is 2.20. The number of hydrogen-bond donors (Lipinski definition) is 0. The molecule has 78 valence electrons. The second-order valence-corrected chi connectivity index (χ2v) is 3.66. The Hall–Kier alpha value is -0.820. The van der Waals surface area contributed by atoms with E-state index in [0.29, 0.717) is 0 Å². The molecule has 1 aliphatic heterocycles. The fourth-order valence-electron chi connectivity index (χ4n) is 1.93. The van der Waals surface area contributed by atoms with Crippen molar-refractivity contribution in [2.45, 2.75) is 26.2 Å². The van der Waals surface area contributed by atoms with Gasteiger partial charge in [-0.1, -0.05) is 44.2 Å². The van der Waals surface area contributed by atoms with Crippen LogP contribution in [-0.4, -0.2) is 25.0 Å². The van der Waals surface area contributed by atoms with Gasteiger partial charge >= 0.3 is 0 Å². The van der Waals surface area contributed by atoms with E-state index >= 15 is 0 Å². The lowest BCUT2D eigenvalue weighted by Gasteiger charge is -2.09. The van der Waals surface area contributed by atoms with E-state index in [9.17, 15) is 0 Å². The normalized spacial score (nSPS) is 21.5. The number of hydrogen-bond acceptors (Lipinski definition) is 1. The van der Waals surface area contributed by atoms with Crippen LogP contribution in [0.5, 0.6) is 0 Å². The van der Waals surface area contributed by atoms with Crippen molar-refractivity contribution in [3.8, 4) is 0 Å². The number of rotatable bonds is 1. The quantitative estimate of drug-likeness (QED) is 0.659. The van der Waals surface area contributed by atoms with Crippen LogP contribution in [0.25, 0.3) is 0 Å². The largest absolute Gasteiger partial charge is 0.306 e. The Labute approximate surface area is 87.7 Å². The first kappa shape index (κ1) is 11.3. The minimum Gasteiger partial charge on any atom is -0.306 e. The molecule has 1 aliphatic rings. The fourth-order valence-corrected chi connectivity index (χ4v) is 1.93. The lowest BCUT2D eigenvalue weighted by molar-refractivity contribution is 0.411. The Balaban J connectivity index is 0.000000461. The van der Waals surface area contributed by atoms with Gasteiger partial charge in [0.2, 0.25) is 0 Å². The van der Waals surface area contributed by atoms with Gasteiger partial charge in [0.25, 0.3) is 0 Å². The van der Waals surface area contributed by atoms with E-state index in [1.165, 1.54) is 25.1 Å². The molecule has 0 bridgehead atoms. The van der Waals surface area contributed by atoms with E-state index in [-0.39, 0.29) is 0 Å². The SMILES string of the molecule is CC.CN1CCC(c2ccccc2)C1. The molecule has 0 aliphatic carbocycles. The van der Waals surface area contributed by atoms with Crippen molar-refractivity contribution >= 4 is 0 Å². The molecule has 1 fully saturated rings. The lowest BCUT2D eigenvalue weighted by Crippen LogP contribution is -2.13. The van der Waals surface area contributed by atoms with Crippen LogP contribution < -0.4 is 0 Å². The molecule has 1 heteroatoms. The zero-order valence-electron chi connectivity index (χ0n) is 9.53. The van der Waals surface area contributed by atoms with Crippen LogP contribution in [0.2, 0.25) is 0 Å². The molecular weight excluding hydrogens is 170 g/mol. The van der Waals surface area contributed by atoms with E-state index in [2.05, 4.69) is 42.3 Å². The minimum atomic E-state index is 0.774. The molecule has 1 nitrogen and oxygen atoms in total. The summed E-state index contributed by atoms with van der Waals surface area (Å²) in [6.45, 7) is 6.48. The van der Waals surface area contributed by atoms with Gasteiger partial charge in [0, 0.05) is 6.54 Å². The topological polar surface area (TPSA) is 3.24 Å². The third kappa shape index (κ3) is 2.85. The second-order valence-electron chi connectivity index (χ2n) is 3.66. The predicted octanol–water partition coefficient (Wildman–Crippen LogP) is 3.13. The van der Waals surface area contributed by atoms with Crippen molar-refractivity contribution in [2.75, 3.05) is 20.1 Å². The number of benzene rings is 1. The van der Waals surface area contributed by atoms with Gasteiger partial charge in [-0.3, -0.25) is 0 Å². The highest BCUT2D eigenvalue weighted by Crippen LogP contribution is 2.25. The molecule has 1 unspecified atom stereocenters. The molecule has 0 radical (unpaired) electrons.